The van der Waals surface area contributed by atoms with Crippen LogP contribution in [0.2, 0.25) is 0 Å². The standard InChI is InChI=1S/C15H24FN/c1-10(2)17-13(5)11(3)8-14-6-7-15(16)9-12(14)4/h6-7,9-11,13,17H,8H2,1-5H3. The molecule has 17 heavy (non-hydrogen) atoms. The molecule has 0 aliphatic carbocycles. The van der Waals surface area contributed by atoms with Crippen molar-refractivity contribution in [1.82, 2.24) is 5.32 Å². The molecule has 0 bridgehead atoms. The minimum Gasteiger partial charge on any atom is -0.312 e. The lowest BCUT2D eigenvalue weighted by molar-refractivity contribution is 0.371. The highest BCUT2D eigenvalue weighted by Gasteiger charge is 2.14. The Morgan fingerprint density at radius 1 is 1.18 bits per heavy atom. The molecular weight excluding hydrogens is 213 g/mol. The number of rotatable bonds is 5. The third kappa shape index (κ3) is 4.47. The van der Waals surface area contributed by atoms with Gasteiger partial charge in [0, 0.05) is 12.1 Å². The lowest BCUT2D eigenvalue weighted by Crippen LogP contribution is -2.37. The van der Waals surface area contributed by atoms with E-state index >= 15 is 0 Å². The van der Waals surface area contributed by atoms with Gasteiger partial charge in [-0.3, -0.25) is 0 Å². The number of nitrogens with one attached hydrogen (secondary N) is 1. The number of benzene rings is 1. The Hall–Kier alpha value is -0.890. The van der Waals surface area contributed by atoms with E-state index in [4.69, 9.17) is 0 Å². The molecule has 96 valence electrons. The second kappa shape index (κ2) is 6.15. The summed E-state index contributed by atoms with van der Waals surface area (Å²) < 4.78 is 13.0. The van der Waals surface area contributed by atoms with Crippen LogP contribution in [0.15, 0.2) is 18.2 Å². The van der Waals surface area contributed by atoms with Crippen molar-refractivity contribution in [2.24, 2.45) is 5.92 Å². The zero-order chi connectivity index (χ0) is 13.0. The topological polar surface area (TPSA) is 12.0 Å². The van der Waals surface area contributed by atoms with E-state index in [9.17, 15) is 4.39 Å². The van der Waals surface area contributed by atoms with Gasteiger partial charge in [-0.25, -0.2) is 4.39 Å². The van der Waals surface area contributed by atoms with Crippen LogP contribution in [-0.2, 0) is 6.42 Å². The van der Waals surface area contributed by atoms with Crippen molar-refractivity contribution in [2.45, 2.75) is 53.1 Å². The average molecular weight is 237 g/mol. The molecule has 2 heteroatoms. The minimum atomic E-state index is -0.146. The molecule has 1 aromatic rings. The summed E-state index contributed by atoms with van der Waals surface area (Å²) in [7, 11) is 0. The zero-order valence-corrected chi connectivity index (χ0v) is 11.5. The van der Waals surface area contributed by atoms with Crippen LogP contribution in [0.3, 0.4) is 0 Å². The summed E-state index contributed by atoms with van der Waals surface area (Å²) in [5, 5.41) is 3.52. The second-order valence-corrected chi connectivity index (χ2v) is 5.36. The fraction of sp³-hybridized carbons (Fsp3) is 0.600. The minimum absolute atomic E-state index is 0.146. The number of halogens is 1. The predicted octanol–water partition coefficient (Wildman–Crippen LogP) is 3.70. The van der Waals surface area contributed by atoms with E-state index in [1.165, 1.54) is 5.56 Å². The van der Waals surface area contributed by atoms with Gasteiger partial charge in [-0.15, -0.1) is 0 Å². The fourth-order valence-electron chi connectivity index (χ4n) is 2.10. The highest BCUT2D eigenvalue weighted by atomic mass is 19.1. The number of hydrogen-bond acceptors (Lipinski definition) is 1. The van der Waals surface area contributed by atoms with Crippen LogP contribution in [0, 0.1) is 18.7 Å². The van der Waals surface area contributed by atoms with Crippen LogP contribution in [0.4, 0.5) is 4.39 Å². The van der Waals surface area contributed by atoms with Crippen LogP contribution in [-0.4, -0.2) is 12.1 Å². The fourth-order valence-corrected chi connectivity index (χ4v) is 2.10. The molecule has 1 nitrogen and oxygen atoms in total. The van der Waals surface area contributed by atoms with Crippen molar-refractivity contribution in [2.75, 3.05) is 0 Å². The Balaban J connectivity index is 2.64. The first-order valence-corrected chi connectivity index (χ1v) is 6.41. The van der Waals surface area contributed by atoms with Gasteiger partial charge in [0.25, 0.3) is 0 Å². The van der Waals surface area contributed by atoms with Gasteiger partial charge in [0.1, 0.15) is 5.82 Å². The van der Waals surface area contributed by atoms with E-state index in [2.05, 4.69) is 33.0 Å². The van der Waals surface area contributed by atoms with E-state index in [0.717, 1.165) is 12.0 Å². The van der Waals surface area contributed by atoms with E-state index in [0.29, 0.717) is 18.0 Å². The summed E-state index contributed by atoms with van der Waals surface area (Å²) in [6.45, 7) is 10.7. The van der Waals surface area contributed by atoms with Crippen LogP contribution in [0.1, 0.15) is 38.8 Å². The van der Waals surface area contributed by atoms with Crippen LogP contribution in [0.5, 0.6) is 0 Å². The number of hydrogen-bond donors (Lipinski definition) is 1. The maximum atomic E-state index is 13.0. The molecule has 1 aromatic carbocycles. The zero-order valence-electron chi connectivity index (χ0n) is 11.5. The molecule has 2 atom stereocenters. The molecule has 0 fully saturated rings. The molecule has 2 unspecified atom stereocenters. The molecular formula is C15H24FN. The average Bonchev–Trinajstić information content (AvgIpc) is 2.21. The first-order chi connectivity index (χ1) is 7.90. The Kier molecular flexibility index (Phi) is 5.13. The smallest absolute Gasteiger partial charge is 0.123 e. The highest BCUT2D eigenvalue weighted by Crippen LogP contribution is 2.17. The van der Waals surface area contributed by atoms with Crippen molar-refractivity contribution < 1.29 is 4.39 Å². The summed E-state index contributed by atoms with van der Waals surface area (Å²) in [4.78, 5) is 0. The quantitative estimate of drug-likeness (QED) is 0.823. The van der Waals surface area contributed by atoms with Gasteiger partial charge in [0.15, 0.2) is 0 Å². The molecule has 0 amide bonds. The first kappa shape index (κ1) is 14.2. The van der Waals surface area contributed by atoms with Gasteiger partial charge in [0.2, 0.25) is 0 Å². The maximum absolute atomic E-state index is 13.0. The SMILES string of the molecule is Cc1cc(F)ccc1CC(C)C(C)NC(C)C. The van der Waals surface area contributed by atoms with Gasteiger partial charge in [-0.2, -0.15) is 0 Å². The second-order valence-electron chi connectivity index (χ2n) is 5.36. The molecule has 0 aliphatic rings. The summed E-state index contributed by atoms with van der Waals surface area (Å²) in [5.74, 6) is 0.397. The molecule has 0 radical (unpaired) electrons. The van der Waals surface area contributed by atoms with Crippen molar-refractivity contribution in [3.63, 3.8) is 0 Å². The van der Waals surface area contributed by atoms with E-state index in [1.54, 1.807) is 12.1 Å². The third-order valence-electron chi connectivity index (χ3n) is 3.30. The molecule has 0 saturated carbocycles. The Morgan fingerprint density at radius 3 is 2.35 bits per heavy atom. The van der Waals surface area contributed by atoms with Crippen molar-refractivity contribution >= 4 is 0 Å². The van der Waals surface area contributed by atoms with Crippen molar-refractivity contribution in [3.05, 3.63) is 35.1 Å². The molecule has 1 N–H and O–H groups in total. The van der Waals surface area contributed by atoms with Crippen molar-refractivity contribution in [3.8, 4) is 0 Å². The highest BCUT2D eigenvalue weighted by molar-refractivity contribution is 5.27. The van der Waals surface area contributed by atoms with E-state index in [-0.39, 0.29) is 5.82 Å². The molecule has 0 heterocycles. The summed E-state index contributed by atoms with van der Waals surface area (Å²) in [6, 6.07) is 6.04. The third-order valence-corrected chi connectivity index (χ3v) is 3.30. The predicted molar refractivity (Wildman–Crippen MR) is 71.7 cm³/mol. The van der Waals surface area contributed by atoms with Gasteiger partial charge in [0.05, 0.1) is 0 Å². The van der Waals surface area contributed by atoms with Crippen molar-refractivity contribution in [1.29, 1.82) is 0 Å². The molecule has 0 spiro atoms. The Bertz CT molecular complexity index is 360. The number of aryl methyl sites for hydroxylation is 1. The first-order valence-electron chi connectivity index (χ1n) is 6.41. The monoisotopic (exact) mass is 237 g/mol. The normalized spacial score (nSPS) is 15.0. The van der Waals surface area contributed by atoms with Gasteiger partial charge >= 0.3 is 0 Å². The molecule has 0 aliphatic heterocycles. The molecule has 0 saturated heterocycles. The largest absolute Gasteiger partial charge is 0.312 e. The summed E-state index contributed by atoms with van der Waals surface area (Å²) >= 11 is 0. The maximum Gasteiger partial charge on any atom is 0.123 e. The van der Waals surface area contributed by atoms with Crippen LogP contribution < -0.4 is 5.32 Å². The van der Waals surface area contributed by atoms with Crippen LogP contribution >= 0.6 is 0 Å². The molecule has 1 rings (SSSR count). The summed E-state index contributed by atoms with van der Waals surface area (Å²) in [5.41, 5.74) is 2.30. The van der Waals surface area contributed by atoms with Gasteiger partial charge in [-0.05, 0) is 49.4 Å². The van der Waals surface area contributed by atoms with E-state index in [1.807, 2.05) is 13.0 Å². The molecule has 0 aromatic heterocycles. The van der Waals surface area contributed by atoms with Gasteiger partial charge in [-0.1, -0.05) is 26.8 Å². The summed E-state index contributed by atoms with van der Waals surface area (Å²) in [6.07, 6.45) is 0.993. The Morgan fingerprint density at radius 2 is 1.82 bits per heavy atom. The van der Waals surface area contributed by atoms with Crippen LogP contribution in [0.25, 0.3) is 0 Å². The lowest BCUT2D eigenvalue weighted by atomic mass is 9.92. The van der Waals surface area contributed by atoms with Gasteiger partial charge < -0.3 is 5.32 Å². The Labute approximate surface area is 104 Å². The lowest BCUT2D eigenvalue weighted by Gasteiger charge is -2.24. The van der Waals surface area contributed by atoms with E-state index < -0.39 is 0 Å².